The number of nitrogens with zero attached hydrogens (tertiary/aromatic N) is 3. The zero-order chi connectivity index (χ0) is 13.1. The highest BCUT2D eigenvalue weighted by Gasteiger charge is 2.18. The van der Waals surface area contributed by atoms with E-state index in [1.165, 1.54) is 0 Å². The van der Waals surface area contributed by atoms with Crippen LogP contribution in [0.2, 0.25) is 0 Å². The van der Waals surface area contributed by atoms with Crippen molar-refractivity contribution in [2.24, 2.45) is 12.8 Å². The van der Waals surface area contributed by atoms with Crippen molar-refractivity contribution in [3.63, 3.8) is 0 Å². The predicted molar refractivity (Wildman–Crippen MR) is 72.3 cm³/mol. The van der Waals surface area contributed by atoms with Crippen LogP contribution >= 0.6 is 15.9 Å². The molecule has 0 aliphatic carbocycles. The van der Waals surface area contributed by atoms with E-state index >= 15 is 0 Å². The summed E-state index contributed by atoms with van der Waals surface area (Å²) in [6, 6.07) is 7.67. The zero-order valence-corrected chi connectivity index (χ0v) is 11.9. The Bertz CT molecular complexity index is 521. The Kier molecular flexibility index (Phi) is 3.98. The summed E-state index contributed by atoms with van der Waals surface area (Å²) in [7, 11) is 3.49. The number of methoxy groups -OCH3 is 1. The van der Waals surface area contributed by atoms with Crippen LogP contribution in [0.1, 0.15) is 17.3 Å². The highest BCUT2D eigenvalue weighted by atomic mass is 79.9. The van der Waals surface area contributed by atoms with Crippen molar-refractivity contribution in [1.29, 1.82) is 0 Å². The van der Waals surface area contributed by atoms with Gasteiger partial charge in [-0.05, 0) is 34.0 Å². The smallest absolute Gasteiger partial charge is 0.153 e. The molecular formula is C12H15BrN4O. The average Bonchev–Trinajstić information content (AvgIpc) is 2.69. The normalized spacial score (nSPS) is 12.4. The summed E-state index contributed by atoms with van der Waals surface area (Å²) < 4.78 is 7.69. The molecule has 0 fully saturated rings. The molecule has 18 heavy (non-hydrogen) atoms. The van der Waals surface area contributed by atoms with Crippen LogP contribution in [0, 0.1) is 0 Å². The number of halogens is 1. The molecule has 0 radical (unpaired) electrons. The van der Waals surface area contributed by atoms with Crippen molar-refractivity contribution in [3.05, 3.63) is 40.1 Å². The summed E-state index contributed by atoms with van der Waals surface area (Å²) >= 11 is 3.36. The fourth-order valence-electron chi connectivity index (χ4n) is 1.94. The average molecular weight is 311 g/mol. The van der Waals surface area contributed by atoms with Crippen molar-refractivity contribution >= 4 is 15.9 Å². The third-order valence-corrected chi connectivity index (χ3v) is 3.38. The largest absolute Gasteiger partial charge is 0.496 e. The number of hydrogen-bond donors (Lipinski definition) is 1. The SMILES string of the molecule is COc1ccccc1CC(N)c1c(Br)nnn1C. The van der Waals surface area contributed by atoms with E-state index in [1.807, 2.05) is 31.3 Å². The number of hydrogen-bond acceptors (Lipinski definition) is 4. The molecule has 1 aromatic heterocycles. The molecule has 0 aliphatic rings. The maximum atomic E-state index is 6.21. The van der Waals surface area contributed by atoms with Crippen molar-refractivity contribution in [2.45, 2.75) is 12.5 Å². The van der Waals surface area contributed by atoms with Gasteiger partial charge in [-0.2, -0.15) is 0 Å². The van der Waals surface area contributed by atoms with Gasteiger partial charge in [-0.25, -0.2) is 4.68 Å². The van der Waals surface area contributed by atoms with Gasteiger partial charge in [0.15, 0.2) is 4.60 Å². The molecule has 0 saturated heterocycles. The lowest BCUT2D eigenvalue weighted by Gasteiger charge is -2.14. The van der Waals surface area contributed by atoms with Crippen LogP contribution in [-0.4, -0.2) is 22.1 Å². The number of ether oxygens (including phenoxy) is 1. The van der Waals surface area contributed by atoms with Gasteiger partial charge in [0.25, 0.3) is 0 Å². The monoisotopic (exact) mass is 310 g/mol. The zero-order valence-electron chi connectivity index (χ0n) is 10.3. The minimum Gasteiger partial charge on any atom is -0.496 e. The van der Waals surface area contributed by atoms with E-state index in [4.69, 9.17) is 10.5 Å². The molecular weight excluding hydrogens is 296 g/mol. The maximum absolute atomic E-state index is 6.21. The second kappa shape index (κ2) is 5.49. The summed E-state index contributed by atoms with van der Waals surface area (Å²) in [6.07, 6.45) is 0.670. The third-order valence-electron chi connectivity index (χ3n) is 2.81. The van der Waals surface area contributed by atoms with Crippen LogP contribution < -0.4 is 10.5 Å². The predicted octanol–water partition coefficient (Wildman–Crippen LogP) is 1.83. The second-order valence-corrected chi connectivity index (χ2v) is 4.76. The lowest BCUT2D eigenvalue weighted by Crippen LogP contribution is -2.18. The fraction of sp³-hybridized carbons (Fsp3) is 0.333. The van der Waals surface area contributed by atoms with Crippen LogP contribution in [-0.2, 0) is 13.5 Å². The number of benzene rings is 1. The van der Waals surface area contributed by atoms with Gasteiger partial charge in [0, 0.05) is 7.05 Å². The van der Waals surface area contributed by atoms with Gasteiger partial charge in [-0.15, -0.1) is 5.10 Å². The Labute approximate surface area is 114 Å². The summed E-state index contributed by atoms with van der Waals surface area (Å²) in [5.74, 6) is 0.846. The molecule has 5 nitrogen and oxygen atoms in total. The maximum Gasteiger partial charge on any atom is 0.153 e. The van der Waals surface area contributed by atoms with Gasteiger partial charge in [0.05, 0.1) is 18.8 Å². The third kappa shape index (κ3) is 2.54. The molecule has 0 bridgehead atoms. The highest BCUT2D eigenvalue weighted by Crippen LogP contribution is 2.26. The van der Waals surface area contributed by atoms with Crippen LogP contribution in [0.15, 0.2) is 28.9 Å². The topological polar surface area (TPSA) is 66.0 Å². The number of para-hydroxylation sites is 1. The molecule has 0 aliphatic heterocycles. The Morgan fingerprint density at radius 2 is 2.17 bits per heavy atom. The van der Waals surface area contributed by atoms with Gasteiger partial charge in [0.1, 0.15) is 5.75 Å². The molecule has 0 spiro atoms. The van der Waals surface area contributed by atoms with E-state index in [-0.39, 0.29) is 6.04 Å². The van der Waals surface area contributed by atoms with Crippen molar-refractivity contribution in [3.8, 4) is 5.75 Å². The quantitative estimate of drug-likeness (QED) is 0.935. The molecule has 0 amide bonds. The van der Waals surface area contributed by atoms with Crippen LogP contribution in [0.3, 0.4) is 0 Å². The number of aromatic nitrogens is 3. The number of aryl methyl sites for hydroxylation is 1. The summed E-state index contributed by atoms with van der Waals surface area (Å²) in [5.41, 5.74) is 8.16. The standard InChI is InChI=1S/C12H15BrN4O/c1-17-11(12(13)15-16-17)9(14)7-8-5-3-4-6-10(8)18-2/h3-6,9H,7,14H2,1-2H3. The van der Waals surface area contributed by atoms with Crippen LogP contribution in [0.25, 0.3) is 0 Å². The Hall–Kier alpha value is -1.40. The van der Waals surface area contributed by atoms with E-state index in [2.05, 4.69) is 26.2 Å². The number of nitrogens with two attached hydrogens (primary N) is 1. The molecule has 1 aromatic carbocycles. The van der Waals surface area contributed by atoms with Crippen LogP contribution in [0.4, 0.5) is 0 Å². The van der Waals surface area contributed by atoms with Gasteiger partial charge >= 0.3 is 0 Å². The van der Waals surface area contributed by atoms with Crippen molar-refractivity contribution in [1.82, 2.24) is 15.0 Å². The molecule has 2 N–H and O–H groups in total. The molecule has 96 valence electrons. The van der Waals surface area contributed by atoms with Gasteiger partial charge in [-0.3, -0.25) is 0 Å². The molecule has 2 aromatic rings. The van der Waals surface area contributed by atoms with E-state index in [0.29, 0.717) is 11.0 Å². The van der Waals surface area contributed by atoms with E-state index in [9.17, 15) is 0 Å². The van der Waals surface area contributed by atoms with Gasteiger partial charge in [0.2, 0.25) is 0 Å². The van der Waals surface area contributed by atoms with Gasteiger partial charge < -0.3 is 10.5 Å². The Morgan fingerprint density at radius 3 is 2.78 bits per heavy atom. The molecule has 6 heteroatoms. The van der Waals surface area contributed by atoms with Crippen LogP contribution in [0.5, 0.6) is 5.75 Å². The molecule has 1 atom stereocenters. The molecule has 1 unspecified atom stereocenters. The van der Waals surface area contributed by atoms with Crippen molar-refractivity contribution < 1.29 is 4.74 Å². The summed E-state index contributed by atoms with van der Waals surface area (Å²) in [5, 5.41) is 7.87. The molecule has 1 heterocycles. The number of rotatable bonds is 4. The molecule has 0 saturated carbocycles. The van der Waals surface area contributed by atoms with E-state index in [0.717, 1.165) is 17.0 Å². The first-order valence-corrected chi connectivity index (χ1v) is 6.35. The molecule has 2 rings (SSSR count). The first-order valence-electron chi connectivity index (χ1n) is 5.56. The van der Waals surface area contributed by atoms with Gasteiger partial charge in [-0.1, -0.05) is 23.4 Å². The van der Waals surface area contributed by atoms with E-state index < -0.39 is 0 Å². The fourth-order valence-corrected chi connectivity index (χ4v) is 2.56. The van der Waals surface area contributed by atoms with E-state index in [1.54, 1.807) is 11.8 Å². The summed E-state index contributed by atoms with van der Waals surface area (Å²) in [4.78, 5) is 0. The summed E-state index contributed by atoms with van der Waals surface area (Å²) in [6.45, 7) is 0. The van der Waals surface area contributed by atoms with Crippen molar-refractivity contribution in [2.75, 3.05) is 7.11 Å². The first-order chi connectivity index (χ1) is 8.63. The minimum absolute atomic E-state index is 0.185. The lowest BCUT2D eigenvalue weighted by molar-refractivity contribution is 0.407. The Balaban J connectivity index is 2.24. The lowest BCUT2D eigenvalue weighted by atomic mass is 10.0. The minimum atomic E-state index is -0.185. The Morgan fingerprint density at radius 1 is 1.44 bits per heavy atom. The second-order valence-electron chi connectivity index (χ2n) is 4.01. The first kappa shape index (κ1) is 13.0. The highest BCUT2D eigenvalue weighted by molar-refractivity contribution is 9.10.